The third-order valence-electron chi connectivity index (χ3n) is 3.32. The van der Waals surface area contributed by atoms with E-state index < -0.39 is 0 Å². The van der Waals surface area contributed by atoms with Crippen molar-refractivity contribution in [2.24, 2.45) is 5.92 Å². The molecule has 0 saturated carbocycles. The maximum atomic E-state index is 3.59. The van der Waals surface area contributed by atoms with E-state index in [-0.39, 0.29) is 0 Å². The average Bonchev–Trinajstić information content (AvgIpc) is 2.70. The molecule has 2 heterocycles. The van der Waals surface area contributed by atoms with Crippen molar-refractivity contribution in [2.45, 2.75) is 25.8 Å². The number of hydrogen-bond acceptors (Lipinski definition) is 3. The summed E-state index contributed by atoms with van der Waals surface area (Å²) in [5.74, 6) is 0.817. The molecule has 16 heavy (non-hydrogen) atoms. The van der Waals surface area contributed by atoms with Gasteiger partial charge in [-0.25, -0.2) is 0 Å². The third-order valence-corrected chi connectivity index (χ3v) is 4.05. The van der Waals surface area contributed by atoms with Crippen LogP contribution in [0.1, 0.15) is 18.9 Å². The minimum atomic E-state index is 0.687. The first-order valence-corrected chi connectivity index (χ1v) is 7.15. The molecule has 2 nitrogen and oxygen atoms in total. The molecular weight excluding hydrogens is 216 g/mol. The van der Waals surface area contributed by atoms with E-state index in [0.29, 0.717) is 6.04 Å². The van der Waals surface area contributed by atoms with Crippen LogP contribution in [-0.2, 0) is 6.42 Å². The van der Waals surface area contributed by atoms with Crippen LogP contribution >= 0.6 is 11.3 Å². The minimum absolute atomic E-state index is 0.687. The second-order valence-corrected chi connectivity index (χ2v) is 5.69. The summed E-state index contributed by atoms with van der Waals surface area (Å²) in [5.41, 5.74) is 1.51. The van der Waals surface area contributed by atoms with Crippen molar-refractivity contribution < 1.29 is 0 Å². The number of hydrogen-bond donors (Lipinski definition) is 1. The van der Waals surface area contributed by atoms with E-state index in [2.05, 4.69) is 41.0 Å². The summed E-state index contributed by atoms with van der Waals surface area (Å²) in [6.07, 6.45) is 2.57. The summed E-state index contributed by atoms with van der Waals surface area (Å²) in [6, 6.07) is 2.95. The monoisotopic (exact) mass is 238 g/mol. The first-order chi connectivity index (χ1) is 7.78. The van der Waals surface area contributed by atoms with Gasteiger partial charge < -0.3 is 10.2 Å². The van der Waals surface area contributed by atoms with Crippen LogP contribution < -0.4 is 5.32 Å². The fourth-order valence-electron chi connectivity index (χ4n) is 2.77. The van der Waals surface area contributed by atoms with Gasteiger partial charge in [0.25, 0.3) is 0 Å². The van der Waals surface area contributed by atoms with Crippen molar-refractivity contribution >= 4 is 11.3 Å². The highest BCUT2D eigenvalue weighted by molar-refractivity contribution is 7.07. The molecule has 1 aromatic rings. The fraction of sp³-hybridized carbons (Fsp3) is 0.692. The van der Waals surface area contributed by atoms with Crippen LogP contribution in [0, 0.1) is 5.92 Å². The molecule has 2 rings (SSSR count). The van der Waals surface area contributed by atoms with E-state index >= 15 is 0 Å². The normalized spacial score (nSPS) is 27.1. The molecular formula is C13H22N2S. The van der Waals surface area contributed by atoms with Gasteiger partial charge in [-0.2, -0.15) is 11.3 Å². The minimum Gasteiger partial charge on any atom is -0.313 e. The summed E-state index contributed by atoms with van der Waals surface area (Å²) < 4.78 is 0. The first kappa shape index (κ1) is 12.1. The molecule has 0 aromatic carbocycles. The van der Waals surface area contributed by atoms with Crippen molar-refractivity contribution in [1.29, 1.82) is 0 Å². The van der Waals surface area contributed by atoms with Crippen molar-refractivity contribution in [3.63, 3.8) is 0 Å². The van der Waals surface area contributed by atoms with Gasteiger partial charge in [0, 0.05) is 19.1 Å². The third kappa shape index (κ3) is 3.30. The highest BCUT2D eigenvalue weighted by Crippen LogP contribution is 2.21. The fourth-order valence-corrected chi connectivity index (χ4v) is 3.45. The van der Waals surface area contributed by atoms with Gasteiger partial charge >= 0.3 is 0 Å². The zero-order valence-corrected chi connectivity index (χ0v) is 11.1. The van der Waals surface area contributed by atoms with Crippen LogP contribution in [-0.4, -0.2) is 37.6 Å². The van der Waals surface area contributed by atoms with E-state index in [4.69, 9.17) is 0 Å². The standard InChI is InChI=1S/C13H22N2S/c1-3-14-13-7-12(8-15(2)9-13)6-11-4-5-16-10-11/h4-5,10,12-14H,3,6-9H2,1-2H3. The van der Waals surface area contributed by atoms with Gasteiger partial charge in [-0.15, -0.1) is 0 Å². The Morgan fingerprint density at radius 3 is 3.06 bits per heavy atom. The number of likely N-dealkylation sites (N-methyl/N-ethyl adjacent to an activating group) is 2. The summed E-state index contributed by atoms with van der Waals surface area (Å²) in [4.78, 5) is 2.47. The SMILES string of the molecule is CCNC1CC(Cc2ccsc2)CN(C)C1. The Morgan fingerprint density at radius 2 is 2.38 bits per heavy atom. The van der Waals surface area contributed by atoms with Crippen LogP contribution in [0.2, 0.25) is 0 Å². The van der Waals surface area contributed by atoms with Crippen LogP contribution in [0.25, 0.3) is 0 Å². The maximum absolute atomic E-state index is 3.59. The van der Waals surface area contributed by atoms with E-state index in [0.717, 1.165) is 12.5 Å². The van der Waals surface area contributed by atoms with Gasteiger partial charge in [0.2, 0.25) is 0 Å². The number of likely N-dealkylation sites (tertiary alicyclic amines) is 1. The molecule has 1 fully saturated rings. The van der Waals surface area contributed by atoms with Gasteiger partial charge in [0.1, 0.15) is 0 Å². The molecule has 1 aliphatic rings. The lowest BCUT2D eigenvalue weighted by atomic mass is 9.90. The predicted molar refractivity (Wildman–Crippen MR) is 71.1 cm³/mol. The van der Waals surface area contributed by atoms with Crippen molar-refractivity contribution in [2.75, 3.05) is 26.7 Å². The Kier molecular flexibility index (Phi) is 4.38. The molecule has 3 heteroatoms. The highest BCUT2D eigenvalue weighted by Gasteiger charge is 2.24. The van der Waals surface area contributed by atoms with Crippen LogP contribution in [0.3, 0.4) is 0 Å². The maximum Gasteiger partial charge on any atom is 0.0198 e. The number of rotatable bonds is 4. The zero-order valence-electron chi connectivity index (χ0n) is 10.3. The van der Waals surface area contributed by atoms with Gasteiger partial charge in [-0.1, -0.05) is 6.92 Å². The second-order valence-electron chi connectivity index (χ2n) is 4.91. The topological polar surface area (TPSA) is 15.3 Å². The Hall–Kier alpha value is -0.380. The van der Waals surface area contributed by atoms with Crippen LogP contribution in [0.5, 0.6) is 0 Å². The average molecular weight is 238 g/mol. The number of thiophene rings is 1. The lowest BCUT2D eigenvalue weighted by Crippen LogP contribution is -2.48. The Balaban J connectivity index is 1.89. The molecule has 2 unspecified atom stereocenters. The molecule has 0 spiro atoms. The molecule has 1 N–H and O–H groups in total. The van der Waals surface area contributed by atoms with E-state index in [1.807, 2.05) is 11.3 Å². The van der Waals surface area contributed by atoms with Crippen LogP contribution in [0.4, 0.5) is 0 Å². The summed E-state index contributed by atoms with van der Waals surface area (Å²) in [5, 5.41) is 8.06. The van der Waals surface area contributed by atoms with Crippen molar-refractivity contribution in [3.05, 3.63) is 22.4 Å². The molecule has 1 aliphatic heterocycles. The number of nitrogens with one attached hydrogen (secondary N) is 1. The second kappa shape index (κ2) is 5.80. The van der Waals surface area contributed by atoms with Gasteiger partial charge in [0.05, 0.1) is 0 Å². The lowest BCUT2D eigenvalue weighted by molar-refractivity contribution is 0.170. The summed E-state index contributed by atoms with van der Waals surface area (Å²) >= 11 is 1.81. The summed E-state index contributed by atoms with van der Waals surface area (Å²) in [6.45, 7) is 5.73. The number of nitrogens with zero attached hydrogens (tertiary/aromatic N) is 1. The molecule has 0 bridgehead atoms. The Labute approximate surface area is 103 Å². The molecule has 0 aliphatic carbocycles. The molecule has 90 valence electrons. The molecule has 0 radical (unpaired) electrons. The van der Waals surface area contributed by atoms with Gasteiger partial charge in [-0.3, -0.25) is 0 Å². The number of piperidine rings is 1. The lowest BCUT2D eigenvalue weighted by Gasteiger charge is -2.36. The van der Waals surface area contributed by atoms with Gasteiger partial charge in [-0.05, 0) is 54.7 Å². The van der Waals surface area contributed by atoms with E-state index in [9.17, 15) is 0 Å². The highest BCUT2D eigenvalue weighted by atomic mass is 32.1. The van der Waals surface area contributed by atoms with Crippen molar-refractivity contribution in [1.82, 2.24) is 10.2 Å². The smallest absolute Gasteiger partial charge is 0.0198 e. The van der Waals surface area contributed by atoms with E-state index in [1.165, 1.54) is 31.5 Å². The van der Waals surface area contributed by atoms with Crippen LogP contribution in [0.15, 0.2) is 16.8 Å². The zero-order chi connectivity index (χ0) is 11.4. The van der Waals surface area contributed by atoms with E-state index in [1.54, 1.807) is 0 Å². The molecule has 1 aromatic heterocycles. The largest absolute Gasteiger partial charge is 0.313 e. The first-order valence-electron chi connectivity index (χ1n) is 6.21. The Morgan fingerprint density at radius 1 is 1.50 bits per heavy atom. The molecule has 2 atom stereocenters. The molecule has 1 saturated heterocycles. The van der Waals surface area contributed by atoms with Crippen molar-refractivity contribution in [3.8, 4) is 0 Å². The Bertz CT molecular complexity index is 297. The predicted octanol–water partition coefficient (Wildman–Crippen LogP) is 2.22. The quantitative estimate of drug-likeness (QED) is 0.865. The van der Waals surface area contributed by atoms with Gasteiger partial charge in [0.15, 0.2) is 0 Å². The summed E-state index contributed by atoms with van der Waals surface area (Å²) in [7, 11) is 2.24. The molecule has 0 amide bonds.